The maximum Gasteiger partial charge on any atom is 0.253 e. The van der Waals surface area contributed by atoms with Crippen LogP contribution in [0.15, 0.2) is 30.9 Å². The van der Waals surface area contributed by atoms with Crippen LogP contribution in [0, 0.1) is 11.8 Å². The lowest BCUT2D eigenvalue weighted by molar-refractivity contribution is 0.0949. The van der Waals surface area contributed by atoms with Crippen LogP contribution in [0.3, 0.4) is 0 Å². The SMILES string of the molecule is Cn1ccnc1CNC(=O)c1cncc(C#CCO)c1. The van der Waals surface area contributed by atoms with Crippen molar-refractivity contribution in [3.63, 3.8) is 0 Å². The van der Waals surface area contributed by atoms with Gasteiger partial charge in [-0.3, -0.25) is 9.78 Å². The number of hydrogen-bond acceptors (Lipinski definition) is 4. The largest absolute Gasteiger partial charge is 0.384 e. The van der Waals surface area contributed by atoms with Crippen molar-refractivity contribution in [2.45, 2.75) is 6.54 Å². The molecule has 2 aromatic heterocycles. The first-order valence-corrected chi connectivity index (χ1v) is 6.00. The van der Waals surface area contributed by atoms with E-state index in [4.69, 9.17) is 5.11 Å². The predicted octanol–water partition coefficient (Wildman–Crippen LogP) is 0.0889. The Balaban J connectivity index is 2.04. The van der Waals surface area contributed by atoms with Crippen molar-refractivity contribution in [2.75, 3.05) is 6.61 Å². The van der Waals surface area contributed by atoms with Gasteiger partial charge >= 0.3 is 0 Å². The van der Waals surface area contributed by atoms with Crippen LogP contribution < -0.4 is 5.32 Å². The topological polar surface area (TPSA) is 80.0 Å². The second-order valence-electron chi connectivity index (χ2n) is 4.06. The maximum atomic E-state index is 12.0. The Labute approximate surface area is 116 Å². The zero-order valence-corrected chi connectivity index (χ0v) is 11.0. The van der Waals surface area contributed by atoms with Gasteiger partial charge in [0, 0.05) is 37.4 Å². The summed E-state index contributed by atoms with van der Waals surface area (Å²) in [5, 5.41) is 11.4. The first kappa shape index (κ1) is 13.8. The maximum absolute atomic E-state index is 12.0. The van der Waals surface area contributed by atoms with Crippen molar-refractivity contribution in [3.8, 4) is 11.8 Å². The van der Waals surface area contributed by atoms with Crippen LogP contribution in [0.25, 0.3) is 0 Å². The van der Waals surface area contributed by atoms with Gasteiger partial charge in [0.2, 0.25) is 0 Å². The van der Waals surface area contributed by atoms with Crippen LogP contribution in [0.2, 0.25) is 0 Å². The van der Waals surface area contributed by atoms with Crippen molar-refractivity contribution in [2.24, 2.45) is 7.05 Å². The normalized spacial score (nSPS) is 9.70. The van der Waals surface area contributed by atoms with E-state index in [1.54, 1.807) is 12.3 Å². The lowest BCUT2D eigenvalue weighted by Crippen LogP contribution is -2.24. The van der Waals surface area contributed by atoms with Crippen LogP contribution in [0.5, 0.6) is 0 Å². The van der Waals surface area contributed by atoms with Crippen LogP contribution in [0.4, 0.5) is 0 Å². The molecular weight excluding hydrogens is 256 g/mol. The molecule has 0 aliphatic carbocycles. The van der Waals surface area contributed by atoms with Crippen molar-refractivity contribution >= 4 is 5.91 Å². The van der Waals surface area contributed by atoms with E-state index in [9.17, 15) is 4.79 Å². The molecule has 1 amide bonds. The van der Waals surface area contributed by atoms with Crippen LogP contribution in [0.1, 0.15) is 21.7 Å². The molecule has 2 rings (SSSR count). The van der Waals surface area contributed by atoms with E-state index in [1.807, 2.05) is 17.8 Å². The van der Waals surface area contributed by atoms with Gasteiger partial charge in [0.25, 0.3) is 5.91 Å². The second-order valence-corrected chi connectivity index (χ2v) is 4.06. The molecule has 0 aromatic carbocycles. The van der Waals surface area contributed by atoms with E-state index in [0.29, 0.717) is 17.7 Å². The summed E-state index contributed by atoms with van der Waals surface area (Å²) < 4.78 is 1.83. The third-order valence-corrected chi connectivity index (χ3v) is 2.64. The summed E-state index contributed by atoms with van der Waals surface area (Å²) in [6.07, 6.45) is 6.50. The summed E-state index contributed by atoms with van der Waals surface area (Å²) >= 11 is 0. The minimum atomic E-state index is -0.242. The molecule has 0 spiro atoms. The third kappa shape index (κ3) is 3.43. The van der Waals surface area contributed by atoms with Crippen molar-refractivity contribution in [3.05, 3.63) is 47.8 Å². The zero-order valence-electron chi connectivity index (χ0n) is 11.0. The smallest absolute Gasteiger partial charge is 0.253 e. The molecule has 0 saturated carbocycles. The highest BCUT2D eigenvalue weighted by Gasteiger charge is 2.07. The molecule has 6 heteroatoms. The number of amides is 1. The molecule has 0 aliphatic rings. The Morgan fingerprint density at radius 1 is 1.50 bits per heavy atom. The Bertz CT molecular complexity index is 667. The van der Waals surface area contributed by atoms with Gasteiger partial charge in [0.05, 0.1) is 12.1 Å². The van der Waals surface area contributed by atoms with Gasteiger partial charge in [-0.1, -0.05) is 11.8 Å². The van der Waals surface area contributed by atoms with Crippen molar-refractivity contribution in [1.29, 1.82) is 0 Å². The number of aromatic nitrogens is 3. The quantitative estimate of drug-likeness (QED) is 0.775. The van der Waals surface area contributed by atoms with Crippen LogP contribution in [-0.4, -0.2) is 32.2 Å². The molecule has 6 nitrogen and oxygen atoms in total. The lowest BCUT2D eigenvalue weighted by Gasteiger charge is -2.05. The highest BCUT2D eigenvalue weighted by Crippen LogP contribution is 2.02. The number of nitrogens with one attached hydrogen (secondary N) is 1. The highest BCUT2D eigenvalue weighted by atomic mass is 16.2. The molecule has 20 heavy (non-hydrogen) atoms. The zero-order chi connectivity index (χ0) is 14.4. The monoisotopic (exact) mass is 270 g/mol. The Morgan fingerprint density at radius 3 is 3.05 bits per heavy atom. The standard InChI is InChI=1S/C14H14N4O2/c1-18-5-4-16-13(18)10-17-14(20)12-7-11(3-2-6-19)8-15-9-12/h4-5,7-9,19H,6,10H2,1H3,(H,17,20). The number of aliphatic hydroxyl groups is 1. The number of carbonyl (C=O) groups is 1. The van der Waals surface area contributed by atoms with Gasteiger partial charge in [0.1, 0.15) is 12.4 Å². The van der Waals surface area contributed by atoms with Gasteiger partial charge in [-0.2, -0.15) is 0 Å². The van der Waals surface area contributed by atoms with Gasteiger partial charge < -0.3 is 15.0 Å². The number of carbonyl (C=O) groups excluding carboxylic acids is 1. The van der Waals surface area contributed by atoms with Crippen LogP contribution in [-0.2, 0) is 13.6 Å². The summed E-state index contributed by atoms with van der Waals surface area (Å²) in [7, 11) is 1.86. The minimum absolute atomic E-state index is 0.227. The van der Waals surface area contributed by atoms with Gasteiger partial charge in [0.15, 0.2) is 0 Å². The average Bonchev–Trinajstić information content (AvgIpc) is 2.88. The number of nitrogens with zero attached hydrogens (tertiary/aromatic N) is 3. The summed E-state index contributed by atoms with van der Waals surface area (Å²) in [5.74, 6) is 5.75. The Hall–Kier alpha value is -2.65. The predicted molar refractivity (Wildman–Crippen MR) is 72.6 cm³/mol. The number of pyridine rings is 1. The number of hydrogen-bond donors (Lipinski definition) is 2. The summed E-state index contributed by atoms with van der Waals surface area (Å²) in [6.45, 7) is 0.116. The molecule has 0 aliphatic heterocycles. The Morgan fingerprint density at radius 2 is 2.35 bits per heavy atom. The van der Waals surface area contributed by atoms with E-state index < -0.39 is 0 Å². The molecule has 0 fully saturated rings. The van der Waals surface area contributed by atoms with E-state index in [2.05, 4.69) is 27.1 Å². The minimum Gasteiger partial charge on any atom is -0.384 e. The number of aliphatic hydroxyl groups excluding tert-OH is 1. The first-order chi connectivity index (χ1) is 9.70. The second kappa shape index (κ2) is 6.50. The van der Waals surface area contributed by atoms with E-state index >= 15 is 0 Å². The number of aryl methyl sites for hydroxylation is 1. The molecule has 2 aromatic rings. The summed E-state index contributed by atoms with van der Waals surface area (Å²) in [5.41, 5.74) is 1.01. The Kier molecular flexibility index (Phi) is 4.47. The van der Waals surface area contributed by atoms with E-state index in [1.165, 1.54) is 12.4 Å². The fraction of sp³-hybridized carbons (Fsp3) is 0.214. The first-order valence-electron chi connectivity index (χ1n) is 6.00. The molecular formula is C14H14N4O2. The molecule has 2 N–H and O–H groups in total. The van der Waals surface area contributed by atoms with E-state index in [0.717, 1.165) is 5.82 Å². The van der Waals surface area contributed by atoms with Crippen LogP contribution >= 0.6 is 0 Å². The molecule has 0 atom stereocenters. The number of imidazole rings is 1. The van der Waals surface area contributed by atoms with Gasteiger partial charge in [-0.15, -0.1) is 0 Å². The van der Waals surface area contributed by atoms with Crippen molar-refractivity contribution < 1.29 is 9.90 Å². The van der Waals surface area contributed by atoms with Gasteiger partial charge in [-0.25, -0.2) is 4.98 Å². The molecule has 0 saturated heterocycles. The van der Waals surface area contributed by atoms with Gasteiger partial charge in [-0.05, 0) is 6.07 Å². The average molecular weight is 270 g/mol. The molecule has 0 radical (unpaired) electrons. The molecule has 2 heterocycles. The molecule has 0 bridgehead atoms. The fourth-order valence-corrected chi connectivity index (χ4v) is 1.60. The molecule has 102 valence electrons. The van der Waals surface area contributed by atoms with Crippen molar-refractivity contribution in [1.82, 2.24) is 19.9 Å². The third-order valence-electron chi connectivity index (χ3n) is 2.64. The number of rotatable bonds is 3. The lowest BCUT2D eigenvalue weighted by atomic mass is 10.2. The fourth-order valence-electron chi connectivity index (χ4n) is 1.60. The highest BCUT2D eigenvalue weighted by molar-refractivity contribution is 5.94. The summed E-state index contributed by atoms with van der Waals surface area (Å²) in [4.78, 5) is 20.1. The molecule has 0 unspecified atom stereocenters. The van der Waals surface area contributed by atoms with E-state index in [-0.39, 0.29) is 12.5 Å². The summed E-state index contributed by atoms with van der Waals surface area (Å²) in [6, 6.07) is 1.63.